The molecular weight excluding hydrogens is 377 g/mol. The average Bonchev–Trinajstić information content (AvgIpc) is 3.22. The minimum absolute atomic E-state index is 0.0121. The maximum absolute atomic E-state index is 12.3. The molecule has 28 heavy (non-hydrogen) atoms. The van der Waals surface area contributed by atoms with E-state index < -0.39 is 12.8 Å². The normalized spacial score (nSPS) is 23.7. The molecule has 1 aromatic heterocycles. The molecule has 3 heterocycles. The van der Waals surface area contributed by atoms with Gasteiger partial charge < -0.3 is 24.4 Å². The van der Waals surface area contributed by atoms with Crippen molar-refractivity contribution in [1.29, 1.82) is 0 Å². The standard InChI is InChI=1S/C18H25F3N4O3/c1-22-17(25-6-8-27-15(11-25)14-3-2-7-26-14)24-10-13-4-5-23-16(9-13)28-12-18(19,20)21/h4-5,9,14-15H,2-3,6-8,10-12H2,1H3,(H,22,24). The molecule has 3 rings (SSSR count). The van der Waals surface area contributed by atoms with Crippen LogP contribution in [0.25, 0.3) is 0 Å². The number of halogens is 3. The Balaban J connectivity index is 1.53. The van der Waals surface area contributed by atoms with Crippen LogP contribution >= 0.6 is 0 Å². The topological polar surface area (TPSA) is 68.2 Å². The summed E-state index contributed by atoms with van der Waals surface area (Å²) in [6, 6.07) is 3.20. The number of rotatable bonds is 5. The van der Waals surface area contributed by atoms with E-state index in [0.29, 0.717) is 32.2 Å². The van der Waals surface area contributed by atoms with Crippen LogP contribution in [0.15, 0.2) is 23.3 Å². The minimum atomic E-state index is -4.39. The third-order valence-corrected chi connectivity index (χ3v) is 4.62. The van der Waals surface area contributed by atoms with Crippen LogP contribution in [0.3, 0.4) is 0 Å². The molecular formula is C18H25F3N4O3. The number of pyridine rings is 1. The largest absolute Gasteiger partial charge is 0.468 e. The van der Waals surface area contributed by atoms with Gasteiger partial charge in [0.25, 0.3) is 0 Å². The number of morpholine rings is 1. The first kappa shape index (κ1) is 20.7. The molecule has 0 bridgehead atoms. The lowest BCUT2D eigenvalue weighted by atomic mass is 10.1. The first-order valence-electron chi connectivity index (χ1n) is 9.28. The van der Waals surface area contributed by atoms with Crippen molar-refractivity contribution < 1.29 is 27.4 Å². The van der Waals surface area contributed by atoms with Gasteiger partial charge in [-0.3, -0.25) is 4.99 Å². The van der Waals surface area contributed by atoms with Gasteiger partial charge in [-0.2, -0.15) is 13.2 Å². The quantitative estimate of drug-likeness (QED) is 0.600. The fraction of sp³-hybridized carbons (Fsp3) is 0.667. The molecule has 2 unspecified atom stereocenters. The van der Waals surface area contributed by atoms with Gasteiger partial charge in [-0.25, -0.2) is 4.98 Å². The third-order valence-electron chi connectivity index (χ3n) is 4.62. The van der Waals surface area contributed by atoms with Crippen LogP contribution in [0.4, 0.5) is 13.2 Å². The van der Waals surface area contributed by atoms with Crippen molar-refractivity contribution in [3.63, 3.8) is 0 Å². The number of aromatic nitrogens is 1. The van der Waals surface area contributed by atoms with E-state index in [0.717, 1.165) is 25.0 Å². The maximum atomic E-state index is 12.3. The highest BCUT2D eigenvalue weighted by molar-refractivity contribution is 5.80. The molecule has 2 atom stereocenters. The van der Waals surface area contributed by atoms with Gasteiger partial charge in [0.2, 0.25) is 5.88 Å². The summed E-state index contributed by atoms with van der Waals surface area (Å²) in [6.07, 6.45) is -0.783. The van der Waals surface area contributed by atoms with Crippen molar-refractivity contribution in [1.82, 2.24) is 15.2 Å². The van der Waals surface area contributed by atoms with Crippen LogP contribution in [-0.2, 0) is 16.0 Å². The van der Waals surface area contributed by atoms with Gasteiger partial charge in [0.1, 0.15) is 6.10 Å². The summed E-state index contributed by atoms with van der Waals surface area (Å²) in [6.45, 7) is 1.78. The Morgan fingerprint density at radius 2 is 2.18 bits per heavy atom. The van der Waals surface area contributed by atoms with Crippen molar-refractivity contribution in [3.8, 4) is 5.88 Å². The van der Waals surface area contributed by atoms with Gasteiger partial charge in [-0.05, 0) is 24.5 Å². The Hall–Kier alpha value is -2.07. The maximum Gasteiger partial charge on any atom is 0.422 e. The Labute approximate surface area is 161 Å². The summed E-state index contributed by atoms with van der Waals surface area (Å²) in [5.41, 5.74) is 0.747. The zero-order valence-corrected chi connectivity index (χ0v) is 15.7. The molecule has 0 radical (unpaired) electrons. The van der Waals surface area contributed by atoms with Crippen molar-refractivity contribution in [3.05, 3.63) is 23.9 Å². The molecule has 1 aromatic rings. The first-order valence-corrected chi connectivity index (χ1v) is 9.28. The van der Waals surface area contributed by atoms with Crippen molar-refractivity contribution >= 4 is 5.96 Å². The van der Waals surface area contributed by atoms with E-state index in [1.165, 1.54) is 12.3 Å². The molecule has 10 heteroatoms. The van der Waals surface area contributed by atoms with E-state index in [-0.39, 0.29) is 18.1 Å². The van der Waals surface area contributed by atoms with Gasteiger partial charge in [0.15, 0.2) is 12.6 Å². The lowest BCUT2D eigenvalue weighted by Crippen LogP contribution is -2.53. The van der Waals surface area contributed by atoms with Gasteiger partial charge >= 0.3 is 6.18 Å². The Morgan fingerprint density at radius 3 is 2.89 bits per heavy atom. The second kappa shape index (κ2) is 9.42. The van der Waals surface area contributed by atoms with E-state index in [2.05, 4.69) is 20.2 Å². The molecule has 2 saturated heterocycles. The monoisotopic (exact) mass is 402 g/mol. The number of nitrogens with zero attached hydrogens (tertiary/aromatic N) is 3. The lowest BCUT2D eigenvalue weighted by Gasteiger charge is -2.37. The van der Waals surface area contributed by atoms with E-state index in [4.69, 9.17) is 14.2 Å². The number of nitrogens with one attached hydrogen (secondary N) is 1. The van der Waals surface area contributed by atoms with Crippen molar-refractivity contribution in [2.24, 2.45) is 4.99 Å². The number of ether oxygens (including phenoxy) is 3. The summed E-state index contributed by atoms with van der Waals surface area (Å²) < 4.78 is 53.1. The van der Waals surface area contributed by atoms with E-state index in [1.54, 1.807) is 13.1 Å². The highest BCUT2D eigenvalue weighted by Crippen LogP contribution is 2.21. The molecule has 2 aliphatic rings. The smallest absolute Gasteiger partial charge is 0.422 e. The van der Waals surface area contributed by atoms with Gasteiger partial charge in [-0.1, -0.05) is 0 Å². The Morgan fingerprint density at radius 1 is 1.36 bits per heavy atom. The van der Waals surface area contributed by atoms with Crippen LogP contribution in [-0.4, -0.2) is 74.2 Å². The van der Waals surface area contributed by atoms with Crippen LogP contribution in [0.5, 0.6) is 5.88 Å². The van der Waals surface area contributed by atoms with Crippen LogP contribution in [0, 0.1) is 0 Å². The zero-order valence-electron chi connectivity index (χ0n) is 15.7. The molecule has 0 amide bonds. The van der Waals surface area contributed by atoms with E-state index in [9.17, 15) is 13.2 Å². The Kier molecular flexibility index (Phi) is 6.95. The van der Waals surface area contributed by atoms with Gasteiger partial charge in [0, 0.05) is 45.6 Å². The van der Waals surface area contributed by atoms with Crippen molar-refractivity contribution in [2.75, 3.05) is 40.0 Å². The summed E-state index contributed by atoms with van der Waals surface area (Å²) in [4.78, 5) is 10.2. The second-order valence-electron chi connectivity index (χ2n) is 6.71. The summed E-state index contributed by atoms with van der Waals surface area (Å²) >= 11 is 0. The molecule has 0 aliphatic carbocycles. The summed E-state index contributed by atoms with van der Waals surface area (Å²) in [7, 11) is 1.70. The molecule has 0 saturated carbocycles. The summed E-state index contributed by atoms with van der Waals surface area (Å²) in [5.74, 6) is 0.650. The highest BCUT2D eigenvalue weighted by Gasteiger charge is 2.32. The molecule has 7 nitrogen and oxygen atoms in total. The van der Waals surface area contributed by atoms with E-state index >= 15 is 0 Å². The number of aliphatic imine (C=N–C) groups is 1. The molecule has 0 spiro atoms. The molecule has 1 N–H and O–H groups in total. The van der Waals surface area contributed by atoms with Gasteiger partial charge in [0.05, 0.1) is 12.7 Å². The first-order chi connectivity index (χ1) is 13.4. The van der Waals surface area contributed by atoms with Crippen LogP contribution in [0.2, 0.25) is 0 Å². The minimum Gasteiger partial charge on any atom is -0.468 e. The zero-order chi connectivity index (χ0) is 20.0. The fourth-order valence-electron chi connectivity index (χ4n) is 3.30. The number of hydrogen-bond acceptors (Lipinski definition) is 5. The van der Waals surface area contributed by atoms with Gasteiger partial charge in [-0.15, -0.1) is 0 Å². The Bertz CT molecular complexity index is 666. The van der Waals surface area contributed by atoms with E-state index in [1.807, 2.05) is 0 Å². The average molecular weight is 402 g/mol. The predicted octanol–water partition coefficient (Wildman–Crippen LogP) is 1.98. The second-order valence-corrected chi connectivity index (χ2v) is 6.71. The molecule has 156 valence electrons. The lowest BCUT2D eigenvalue weighted by molar-refractivity contribution is -0.154. The predicted molar refractivity (Wildman–Crippen MR) is 96.3 cm³/mol. The number of alkyl halides is 3. The van der Waals surface area contributed by atoms with Crippen molar-refractivity contribution in [2.45, 2.75) is 37.8 Å². The van der Waals surface area contributed by atoms with Crippen LogP contribution < -0.4 is 10.1 Å². The third kappa shape index (κ3) is 5.96. The molecule has 2 aliphatic heterocycles. The fourth-order valence-corrected chi connectivity index (χ4v) is 3.30. The van der Waals surface area contributed by atoms with Crippen LogP contribution in [0.1, 0.15) is 18.4 Å². The summed E-state index contributed by atoms with van der Waals surface area (Å²) in [5, 5.41) is 3.24. The number of hydrogen-bond donors (Lipinski definition) is 1. The molecule has 0 aromatic carbocycles. The highest BCUT2D eigenvalue weighted by atomic mass is 19.4. The molecule has 2 fully saturated rings. The number of guanidine groups is 1. The SMILES string of the molecule is CN=C(NCc1ccnc(OCC(F)(F)F)c1)N1CCOC(C2CCCO2)C1.